The van der Waals surface area contributed by atoms with Crippen LogP contribution in [0.2, 0.25) is 16.5 Å². The molecule has 0 rings (SSSR count). The Morgan fingerprint density at radius 2 is 0.895 bits per heavy atom. The first kappa shape index (κ1) is 25.8. The van der Waals surface area contributed by atoms with Gasteiger partial charge in [0.15, 0.2) is 0 Å². The van der Waals surface area contributed by atoms with Crippen LogP contribution in [0.3, 0.4) is 0 Å². The normalized spacial score (nSPS) is 15.3. The zero-order valence-electron chi connectivity index (χ0n) is 16.5. The summed E-state index contributed by atoms with van der Waals surface area (Å²) in [5.74, 6) is 0. The molecule has 0 saturated heterocycles. The molecule has 3 heteroatoms. The van der Waals surface area contributed by atoms with Crippen molar-refractivity contribution in [3.05, 3.63) is 0 Å². The molecule has 1 atom stereocenters. The summed E-state index contributed by atoms with van der Waals surface area (Å²) in [7, 11) is 0. The molecule has 19 heavy (non-hydrogen) atoms. The first-order valence-electron chi connectivity index (χ1n) is 7.66. The molecule has 0 saturated carbocycles. The zero-order chi connectivity index (χ0) is 14.3. The van der Waals surface area contributed by atoms with E-state index >= 15 is 0 Å². The molecule has 0 aromatic carbocycles. The molecule has 0 radical (unpaired) electrons. The van der Waals surface area contributed by atoms with Crippen LogP contribution in [0.15, 0.2) is 0 Å². The minimum Gasteiger partial charge on any atom is 1.00 e. The second-order valence-electron chi connectivity index (χ2n) is 10.3. The Morgan fingerprint density at radius 1 is 0.684 bits per heavy atom. The number of hydrogen-bond acceptors (Lipinski definition) is 0. The molecular weight excluding hydrogens is 271 g/mol. The van der Waals surface area contributed by atoms with Gasteiger partial charge in [-0.15, -0.1) is 0 Å². The molecule has 0 N–H and O–H groups in total. The fourth-order valence-electron chi connectivity index (χ4n) is 8.34. The van der Waals surface area contributed by atoms with Gasteiger partial charge in [0.1, 0.15) is 0 Å². The van der Waals surface area contributed by atoms with Crippen LogP contribution < -0.4 is 37.7 Å². The van der Waals surface area contributed by atoms with Crippen LogP contribution in [-0.4, -0.2) is 0 Å². The molecule has 0 bridgehead atoms. The molecule has 104 valence electrons. The maximum absolute atomic E-state index is 2.55. The second kappa shape index (κ2) is 7.89. The van der Waals surface area contributed by atoms with Gasteiger partial charge in [-0.25, -0.2) is 0 Å². The van der Waals surface area contributed by atoms with Crippen molar-refractivity contribution in [2.75, 3.05) is 0 Å². The van der Waals surface area contributed by atoms with Crippen LogP contribution in [0.4, 0.5) is 0 Å². The van der Waals surface area contributed by atoms with Crippen molar-refractivity contribution in [3.63, 3.8) is 0 Å². The largest absolute Gasteiger partial charge is 1.00 e. The summed E-state index contributed by atoms with van der Waals surface area (Å²) in [6, 6.07) is 0. The predicted molar refractivity (Wildman–Crippen MR) is 78.9 cm³/mol. The molecule has 0 aromatic rings. The van der Waals surface area contributed by atoms with Gasteiger partial charge < -0.3 is 0 Å². The Kier molecular flexibility index (Phi) is 10.7. The topological polar surface area (TPSA) is 0 Å². The standard InChI is InChI=1S/4C4H9.2Li.Zn/c3*1-4(2)3;1-3-4-2;;;/h3*1-3H3;3H,4H2,1-2H3;;;/q;;;;2*+1;-2. The van der Waals surface area contributed by atoms with Crippen molar-refractivity contribution < 1.29 is 52.5 Å². The van der Waals surface area contributed by atoms with E-state index in [0.717, 1.165) is 4.51 Å². The third-order valence-corrected chi connectivity index (χ3v) is 33.4. The molecule has 0 aliphatic heterocycles. The van der Waals surface area contributed by atoms with Gasteiger partial charge in [0, 0.05) is 0 Å². The van der Waals surface area contributed by atoms with Gasteiger partial charge in [-0.1, -0.05) is 0 Å². The minimum atomic E-state index is -2.55. The van der Waals surface area contributed by atoms with E-state index in [9.17, 15) is 0 Å². The quantitative estimate of drug-likeness (QED) is 0.668. The Morgan fingerprint density at radius 3 is 0.947 bits per heavy atom. The second-order valence-corrected chi connectivity index (χ2v) is 31.4. The van der Waals surface area contributed by atoms with Crippen LogP contribution >= 0.6 is 0 Å². The summed E-state index contributed by atoms with van der Waals surface area (Å²) >= 11 is -2.55. The summed E-state index contributed by atoms with van der Waals surface area (Å²) in [5, 5.41) is 0. The zero-order valence-corrected chi connectivity index (χ0v) is 19.5. The Hall–Kier alpha value is 1.82. The molecule has 0 aliphatic carbocycles. The van der Waals surface area contributed by atoms with E-state index in [1.165, 1.54) is 6.42 Å². The van der Waals surface area contributed by atoms with Gasteiger partial charge in [-0.2, -0.15) is 0 Å². The monoisotopic (exact) mass is 306 g/mol. The van der Waals surface area contributed by atoms with Gasteiger partial charge in [0.25, 0.3) is 0 Å². The molecule has 0 aromatic heterocycles. The SMILES string of the molecule is CC[CH](C)[Zn-2]([C](C)(C)C)([C](C)(C)C)[C](C)(C)C.[Li+].[Li+]. The van der Waals surface area contributed by atoms with Crippen LogP contribution in [0.25, 0.3) is 0 Å². The maximum Gasteiger partial charge on any atom is 1.00 e. The van der Waals surface area contributed by atoms with E-state index in [4.69, 9.17) is 0 Å². The van der Waals surface area contributed by atoms with Gasteiger partial charge in [0.05, 0.1) is 0 Å². The van der Waals surface area contributed by atoms with Crippen molar-refractivity contribution in [1.29, 1.82) is 0 Å². The number of rotatable bonds is 2. The fourth-order valence-corrected chi connectivity index (χ4v) is 43.3. The minimum absolute atomic E-state index is 0. The van der Waals surface area contributed by atoms with Gasteiger partial charge >= 0.3 is 152 Å². The molecule has 0 spiro atoms. The fraction of sp³-hybridized carbons (Fsp3) is 1.00. The summed E-state index contributed by atoms with van der Waals surface area (Å²) in [6.07, 6.45) is 1.35. The van der Waals surface area contributed by atoms with E-state index in [-0.39, 0.29) is 37.7 Å². The first-order valence-corrected chi connectivity index (χ1v) is 13.8. The third-order valence-electron chi connectivity index (χ3n) is 6.76. The average molecular weight is 308 g/mol. The van der Waals surface area contributed by atoms with Gasteiger partial charge in [-0.05, 0) is 0 Å². The average Bonchev–Trinajstić information content (AvgIpc) is 1.95. The van der Waals surface area contributed by atoms with Gasteiger partial charge in [-0.3, -0.25) is 0 Å². The predicted octanol–water partition coefficient (Wildman–Crippen LogP) is 1.02. The van der Waals surface area contributed by atoms with E-state index in [1.807, 2.05) is 0 Å². The smallest absolute Gasteiger partial charge is 1.00 e. The maximum atomic E-state index is 2.54. The Balaban J connectivity index is -0.00000128. The summed E-state index contributed by atoms with van der Waals surface area (Å²) < 4.78 is 2.51. The van der Waals surface area contributed by atoms with Crippen molar-refractivity contribution in [2.24, 2.45) is 0 Å². The van der Waals surface area contributed by atoms with E-state index < -0.39 is 14.8 Å². The number of hydrogen-bond donors (Lipinski definition) is 0. The van der Waals surface area contributed by atoms with Crippen LogP contribution in [0.1, 0.15) is 82.6 Å². The summed E-state index contributed by atoms with van der Waals surface area (Å²) in [6.45, 7) is 27.6. The van der Waals surface area contributed by atoms with Crippen molar-refractivity contribution in [3.8, 4) is 0 Å². The van der Waals surface area contributed by atoms with Crippen LogP contribution in [0.5, 0.6) is 0 Å². The van der Waals surface area contributed by atoms with Crippen LogP contribution in [-0.2, 0) is 14.8 Å². The van der Waals surface area contributed by atoms with Crippen LogP contribution in [0, 0.1) is 0 Å². The molecular formula is C16H36Li2Zn. The van der Waals surface area contributed by atoms with Crippen molar-refractivity contribution in [2.45, 2.75) is 99.1 Å². The molecule has 0 amide bonds. The van der Waals surface area contributed by atoms with E-state index in [1.54, 1.807) is 0 Å². The molecule has 0 fully saturated rings. The molecule has 0 heterocycles. The molecule has 1 unspecified atom stereocenters. The summed E-state index contributed by atoms with van der Waals surface area (Å²) in [4.78, 5) is 0. The molecule has 0 nitrogen and oxygen atoms in total. The van der Waals surface area contributed by atoms with Crippen molar-refractivity contribution >= 4 is 0 Å². The molecule has 0 aliphatic rings. The Labute approximate surface area is 150 Å². The third kappa shape index (κ3) is 4.64. The summed E-state index contributed by atoms with van der Waals surface area (Å²) in [5.41, 5.74) is 0. The Bertz CT molecular complexity index is 217. The van der Waals surface area contributed by atoms with Crippen molar-refractivity contribution in [1.82, 2.24) is 0 Å². The van der Waals surface area contributed by atoms with E-state index in [0.29, 0.717) is 12.0 Å². The first-order chi connectivity index (χ1) is 7.23. The van der Waals surface area contributed by atoms with Gasteiger partial charge in [0.2, 0.25) is 0 Å². The van der Waals surface area contributed by atoms with E-state index in [2.05, 4.69) is 76.2 Å².